The lowest BCUT2D eigenvalue weighted by Gasteiger charge is -2.18. The van der Waals surface area contributed by atoms with Gasteiger partial charge in [-0.1, -0.05) is 70.2 Å². The van der Waals surface area contributed by atoms with Crippen molar-refractivity contribution in [3.63, 3.8) is 0 Å². The Labute approximate surface area is 148 Å². The average molecular weight is 412 g/mol. The van der Waals surface area contributed by atoms with Crippen LogP contribution in [0.4, 0.5) is 0 Å². The molecule has 0 amide bonds. The predicted octanol–water partition coefficient (Wildman–Crippen LogP) is 5.86. The molecule has 22 heavy (non-hydrogen) atoms. The molecule has 2 nitrogen and oxygen atoms in total. The van der Waals surface area contributed by atoms with Crippen LogP contribution in [-0.4, -0.2) is 12.7 Å². The topological polar surface area (TPSA) is 21.8 Å². The minimum Gasteiger partial charge on any atom is -0.482 e. The van der Waals surface area contributed by atoms with E-state index in [0.717, 1.165) is 15.9 Å². The highest BCUT2D eigenvalue weighted by Crippen LogP contribution is 2.34. The fourth-order valence-corrected chi connectivity index (χ4v) is 2.42. The minimum atomic E-state index is -0.0119. The highest BCUT2D eigenvalue weighted by molar-refractivity contribution is 14.1. The van der Waals surface area contributed by atoms with Gasteiger partial charge in [0.15, 0.2) is 6.10 Å². The maximum atomic E-state index is 6.12. The Balaban J connectivity index is 0.000000561. The van der Waals surface area contributed by atoms with Gasteiger partial charge in [-0.25, -0.2) is 0 Å². The molecule has 1 heterocycles. The predicted molar refractivity (Wildman–Crippen MR) is 101 cm³/mol. The lowest BCUT2D eigenvalue weighted by atomic mass is 10.1. The number of hydrogen-bond acceptors (Lipinski definition) is 2. The number of benzene rings is 2. The summed E-state index contributed by atoms with van der Waals surface area (Å²) in [6.45, 7) is 8.78. The number of rotatable bonds is 4. The van der Waals surface area contributed by atoms with Crippen LogP contribution >= 0.6 is 22.6 Å². The van der Waals surface area contributed by atoms with Crippen molar-refractivity contribution in [2.24, 2.45) is 0 Å². The Bertz CT molecular complexity index is 524. The van der Waals surface area contributed by atoms with E-state index in [1.54, 1.807) is 0 Å². The summed E-state index contributed by atoms with van der Waals surface area (Å²) in [7, 11) is 0. The second kappa shape index (κ2) is 10.6. The van der Waals surface area contributed by atoms with E-state index in [1.807, 2.05) is 70.2 Å². The van der Waals surface area contributed by atoms with Gasteiger partial charge in [-0.2, -0.15) is 0 Å². The molecule has 1 aliphatic heterocycles. The molecule has 0 N–H and O–H groups in total. The van der Waals surface area contributed by atoms with Gasteiger partial charge in [0.25, 0.3) is 0 Å². The largest absolute Gasteiger partial charge is 0.482 e. The first-order chi connectivity index (χ1) is 10.8. The fourth-order valence-electron chi connectivity index (χ4n) is 1.91. The fraction of sp³-hybridized carbons (Fsp3) is 0.368. The van der Waals surface area contributed by atoms with E-state index in [4.69, 9.17) is 9.47 Å². The van der Waals surface area contributed by atoms with E-state index in [0.29, 0.717) is 0 Å². The van der Waals surface area contributed by atoms with Crippen LogP contribution < -0.4 is 4.74 Å². The quantitative estimate of drug-likeness (QED) is 0.463. The molecular formula is C19H25IO2. The smallest absolute Gasteiger partial charge is 0.152 e. The zero-order valence-corrected chi connectivity index (χ0v) is 15.9. The van der Waals surface area contributed by atoms with Crippen molar-refractivity contribution in [3.8, 4) is 5.75 Å². The van der Waals surface area contributed by atoms with Crippen molar-refractivity contribution in [2.45, 2.75) is 39.9 Å². The summed E-state index contributed by atoms with van der Waals surface area (Å²) in [5.41, 5.74) is 1.17. The molecule has 0 aliphatic carbocycles. The SMILES string of the molecule is CC.CC.Ic1ccccc1OC(c1ccccc1)C1CO1. The van der Waals surface area contributed by atoms with Crippen molar-refractivity contribution in [3.05, 3.63) is 63.7 Å². The van der Waals surface area contributed by atoms with Gasteiger partial charge in [-0.15, -0.1) is 0 Å². The van der Waals surface area contributed by atoms with Gasteiger partial charge in [0, 0.05) is 0 Å². The third-order valence-corrected chi connectivity index (χ3v) is 3.81. The first-order valence-electron chi connectivity index (χ1n) is 7.92. The summed E-state index contributed by atoms with van der Waals surface area (Å²) >= 11 is 2.29. The van der Waals surface area contributed by atoms with E-state index in [1.165, 1.54) is 5.56 Å². The summed E-state index contributed by atoms with van der Waals surface area (Å²) in [5.74, 6) is 0.919. The van der Waals surface area contributed by atoms with E-state index in [2.05, 4.69) is 34.7 Å². The van der Waals surface area contributed by atoms with Crippen LogP contribution in [0.5, 0.6) is 5.75 Å². The zero-order chi connectivity index (χ0) is 16.4. The van der Waals surface area contributed by atoms with Crippen LogP contribution in [0, 0.1) is 3.57 Å². The Morgan fingerprint density at radius 3 is 2.05 bits per heavy atom. The zero-order valence-electron chi connectivity index (χ0n) is 13.8. The van der Waals surface area contributed by atoms with E-state index < -0.39 is 0 Å². The van der Waals surface area contributed by atoms with Gasteiger partial charge >= 0.3 is 0 Å². The van der Waals surface area contributed by atoms with Crippen LogP contribution in [0.15, 0.2) is 54.6 Å². The molecule has 3 rings (SSSR count). The number of epoxide rings is 1. The van der Waals surface area contributed by atoms with Crippen LogP contribution in [0.1, 0.15) is 39.4 Å². The molecule has 120 valence electrons. The van der Waals surface area contributed by atoms with Gasteiger partial charge in [-0.05, 0) is 40.3 Å². The van der Waals surface area contributed by atoms with Crippen molar-refractivity contribution in [1.82, 2.24) is 0 Å². The Hall–Kier alpha value is -1.07. The molecule has 0 bridgehead atoms. The van der Waals surface area contributed by atoms with Gasteiger partial charge in [-0.3, -0.25) is 0 Å². The maximum Gasteiger partial charge on any atom is 0.152 e. The van der Waals surface area contributed by atoms with Gasteiger partial charge < -0.3 is 9.47 Å². The second-order valence-electron chi connectivity index (χ2n) is 4.25. The van der Waals surface area contributed by atoms with Crippen LogP contribution in [-0.2, 0) is 4.74 Å². The van der Waals surface area contributed by atoms with Crippen molar-refractivity contribution >= 4 is 22.6 Å². The molecular weight excluding hydrogens is 387 g/mol. The van der Waals surface area contributed by atoms with Gasteiger partial charge in [0.05, 0.1) is 10.2 Å². The molecule has 1 aliphatic rings. The molecule has 2 aromatic rings. The maximum absolute atomic E-state index is 6.12. The number of halogens is 1. The van der Waals surface area contributed by atoms with Crippen LogP contribution in [0.2, 0.25) is 0 Å². The average Bonchev–Trinajstić information content (AvgIpc) is 3.43. The highest BCUT2D eigenvalue weighted by Gasteiger charge is 2.36. The molecule has 0 aromatic heterocycles. The molecule has 2 aromatic carbocycles. The first-order valence-corrected chi connectivity index (χ1v) is 9.00. The molecule has 1 saturated heterocycles. The monoisotopic (exact) mass is 412 g/mol. The van der Waals surface area contributed by atoms with Crippen LogP contribution in [0.3, 0.4) is 0 Å². The van der Waals surface area contributed by atoms with Gasteiger partial charge in [0.1, 0.15) is 11.9 Å². The van der Waals surface area contributed by atoms with E-state index in [9.17, 15) is 0 Å². The summed E-state index contributed by atoms with van der Waals surface area (Å²) in [6.07, 6.45) is 0.172. The third-order valence-electron chi connectivity index (χ3n) is 2.92. The molecule has 0 radical (unpaired) electrons. The minimum absolute atomic E-state index is 0.0119. The number of hydrogen-bond donors (Lipinski definition) is 0. The highest BCUT2D eigenvalue weighted by atomic mass is 127. The normalized spacial score (nSPS) is 16.3. The summed E-state index contributed by atoms with van der Waals surface area (Å²) < 4.78 is 12.7. The Kier molecular flexibility index (Phi) is 9.16. The Morgan fingerprint density at radius 1 is 0.955 bits per heavy atom. The van der Waals surface area contributed by atoms with E-state index in [-0.39, 0.29) is 12.2 Å². The van der Waals surface area contributed by atoms with E-state index >= 15 is 0 Å². The molecule has 2 unspecified atom stereocenters. The van der Waals surface area contributed by atoms with Crippen molar-refractivity contribution in [1.29, 1.82) is 0 Å². The van der Waals surface area contributed by atoms with Crippen molar-refractivity contribution in [2.75, 3.05) is 6.61 Å². The lowest BCUT2D eigenvalue weighted by Crippen LogP contribution is -2.14. The third kappa shape index (κ3) is 5.61. The molecule has 0 saturated carbocycles. The molecule has 0 spiro atoms. The second-order valence-corrected chi connectivity index (χ2v) is 5.41. The summed E-state index contributed by atoms with van der Waals surface area (Å²) in [4.78, 5) is 0. The molecule has 1 fully saturated rings. The van der Waals surface area contributed by atoms with Crippen molar-refractivity contribution < 1.29 is 9.47 Å². The molecule has 3 heteroatoms. The lowest BCUT2D eigenvalue weighted by molar-refractivity contribution is 0.160. The number of para-hydroxylation sites is 1. The van der Waals surface area contributed by atoms with Crippen LogP contribution in [0.25, 0.3) is 0 Å². The summed E-state index contributed by atoms with van der Waals surface area (Å²) in [5, 5.41) is 0. The summed E-state index contributed by atoms with van der Waals surface area (Å²) in [6, 6.07) is 18.3. The number of ether oxygens (including phenoxy) is 2. The van der Waals surface area contributed by atoms with Gasteiger partial charge in [0.2, 0.25) is 0 Å². The Morgan fingerprint density at radius 2 is 1.50 bits per heavy atom. The first kappa shape index (κ1) is 19.0. The standard InChI is InChI=1S/C15H13IO2.2C2H6/c16-12-8-4-5-9-13(12)18-15(14-10-17-14)11-6-2-1-3-7-11;2*1-2/h1-9,14-15H,10H2;2*1-2H3. The molecule has 2 atom stereocenters.